The van der Waals surface area contributed by atoms with Crippen molar-refractivity contribution in [2.75, 3.05) is 30.4 Å². The van der Waals surface area contributed by atoms with E-state index in [1.54, 1.807) is 28.6 Å². The molecule has 0 unspecified atom stereocenters. The minimum atomic E-state index is -0.244. The molecule has 0 spiro atoms. The van der Waals surface area contributed by atoms with Crippen LogP contribution in [0.3, 0.4) is 0 Å². The largest absolute Gasteiger partial charge is 0.493 e. The number of benzene rings is 1. The molecule has 4 heterocycles. The predicted molar refractivity (Wildman–Crippen MR) is 134 cm³/mol. The number of piperidine rings is 1. The Morgan fingerprint density at radius 3 is 2.60 bits per heavy atom. The highest BCUT2D eigenvalue weighted by Gasteiger charge is 2.28. The summed E-state index contributed by atoms with van der Waals surface area (Å²) in [6.45, 7) is 3.81. The van der Waals surface area contributed by atoms with Gasteiger partial charge in [-0.25, -0.2) is 9.50 Å². The van der Waals surface area contributed by atoms with E-state index in [1.807, 2.05) is 26.2 Å². The molecule has 1 aromatic carbocycles. The number of amides is 1. The van der Waals surface area contributed by atoms with E-state index in [9.17, 15) is 4.79 Å². The maximum Gasteiger partial charge on any atom is 0.258 e. The molecule has 2 N–H and O–H groups in total. The van der Waals surface area contributed by atoms with Crippen molar-refractivity contribution in [2.24, 2.45) is 7.05 Å². The monoisotopic (exact) mass is 474 g/mol. The second kappa shape index (κ2) is 8.53. The normalized spacial score (nSPS) is 16.8. The van der Waals surface area contributed by atoms with Gasteiger partial charge in [-0.3, -0.25) is 9.48 Å². The van der Waals surface area contributed by atoms with E-state index in [4.69, 9.17) is 4.74 Å². The molecule has 1 saturated carbocycles. The zero-order chi connectivity index (χ0) is 24.1. The number of aryl methyl sites for hydroxylation is 2. The molecule has 10 nitrogen and oxygen atoms in total. The minimum absolute atomic E-state index is 0.244. The van der Waals surface area contributed by atoms with Crippen LogP contribution in [0.25, 0.3) is 16.6 Å². The van der Waals surface area contributed by atoms with Gasteiger partial charge in [-0.1, -0.05) is 0 Å². The van der Waals surface area contributed by atoms with Gasteiger partial charge in [0.25, 0.3) is 5.91 Å². The Kier molecular flexibility index (Phi) is 5.32. The minimum Gasteiger partial charge on any atom is -0.493 e. The summed E-state index contributed by atoms with van der Waals surface area (Å²) in [6.07, 6.45) is 8.61. The third-order valence-electron chi connectivity index (χ3n) is 6.91. The summed E-state index contributed by atoms with van der Waals surface area (Å²) in [5, 5.41) is 16.7. The molecule has 182 valence electrons. The standard InChI is InChI=1S/C25H30N8O2/c1-15-26-23-12-20(22(35-3)14-33(23)29-15)28-25(34)18-6-7-21(19-13-31(2)30-24(18)19)32-10-8-17(9-11-32)27-16-4-5-16/h6-7,12-14,16-17,27H,4-5,8-11H2,1-3H3,(H,28,34). The van der Waals surface area contributed by atoms with Crippen LogP contribution < -0.4 is 20.3 Å². The number of fused-ring (bicyclic) bond motifs is 2. The highest BCUT2D eigenvalue weighted by atomic mass is 16.5. The van der Waals surface area contributed by atoms with Crippen LogP contribution >= 0.6 is 0 Å². The van der Waals surface area contributed by atoms with Crippen molar-refractivity contribution in [3.63, 3.8) is 0 Å². The molecule has 6 rings (SSSR count). The van der Waals surface area contributed by atoms with Gasteiger partial charge in [-0.15, -0.1) is 0 Å². The van der Waals surface area contributed by atoms with E-state index >= 15 is 0 Å². The summed E-state index contributed by atoms with van der Waals surface area (Å²) in [7, 11) is 3.46. The van der Waals surface area contributed by atoms with Crippen molar-refractivity contribution < 1.29 is 9.53 Å². The summed E-state index contributed by atoms with van der Waals surface area (Å²) in [6, 6.07) is 7.04. The summed E-state index contributed by atoms with van der Waals surface area (Å²) in [5.74, 6) is 0.910. The maximum atomic E-state index is 13.4. The topological polar surface area (TPSA) is 102 Å². The van der Waals surface area contributed by atoms with Crippen LogP contribution in [0.5, 0.6) is 5.75 Å². The fourth-order valence-electron chi connectivity index (χ4n) is 5.01. The summed E-state index contributed by atoms with van der Waals surface area (Å²) < 4.78 is 8.90. The number of aromatic nitrogens is 5. The number of hydrogen-bond donors (Lipinski definition) is 2. The quantitative estimate of drug-likeness (QED) is 0.443. The van der Waals surface area contributed by atoms with E-state index in [0.29, 0.717) is 40.0 Å². The average Bonchev–Trinajstić information content (AvgIpc) is 3.45. The SMILES string of the molecule is COc1cn2nc(C)nc2cc1NC(=O)c1ccc(N2CCC(NC3CC3)CC2)c2cn(C)nc12. The third-order valence-corrected chi connectivity index (χ3v) is 6.91. The van der Waals surface area contributed by atoms with Gasteiger partial charge in [-0.05, 0) is 44.7 Å². The van der Waals surface area contributed by atoms with E-state index in [-0.39, 0.29) is 5.91 Å². The van der Waals surface area contributed by atoms with Crippen LogP contribution in [0.2, 0.25) is 0 Å². The lowest BCUT2D eigenvalue weighted by molar-refractivity contribution is 0.102. The van der Waals surface area contributed by atoms with Crippen molar-refractivity contribution in [1.29, 1.82) is 0 Å². The smallest absolute Gasteiger partial charge is 0.258 e. The fraction of sp³-hybridized carbons (Fsp3) is 0.440. The molecule has 1 aliphatic carbocycles. The second-order valence-corrected chi connectivity index (χ2v) is 9.57. The molecular weight excluding hydrogens is 444 g/mol. The summed E-state index contributed by atoms with van der Waals surface area (Å²) in [5.41, 5.74) is 3.52. The van der Waals surface area contributed by atoms with Gasteiger partial charge in [0.15, 0.2) is 11.4 Å². The number of methoxy groups -OCH3 is 1. The molecular formula is C25H30N8O2. The number of hydrogen-bond acceptors (Lipinski definition) is 7. The van der Waals surface area contributed by atoms with Gasteiger partial charge >= 0.3 is 0 Å². The highest BCUT2D eigenvalue weighted by molar-refractivity contribution is 6.14. The van der Waals surface area contributed by atoms with Crippen molar-refractivity contribution >= 4 is 33.8 Å². The molecule has 2 aliphatic rings. The van der Waals surface area contributed by atoms with Crippen LogP contribution in [0.4, 0.5) is 11.4 Å². The molecule has 0 radical (unpaired) electrons. The first kappa shape index (κ1) is 21.8. The molecule has 3 aromatic heterocycles. The van der Waals surface area contributed by atoms with Gasteiger partial charge < -0.3 is 20.3 Å². The first-order valence-corrected chi connectivity index (χ1v) is 12.2. The van der Waals surface area contributed by atoms with Gasteiger partial charge in [0, 0.05) is 55.6 Å². The summed E-state index contributed by atoms with van der Waals surface area (Å²) in [4.78, 5) is 20.2. The van der Waals surface area contributed by atoms with Gasteiger partial charge in [0.2, 0.25) is 0 Å². The number of nitrogens with zero attached hydrogens (tertiary/aromatic N) is 6. The molecule has 1 saturated heterocycles. The molecule has 0 atom stereocenters. The van der Waals surface area contributed by atoms with Crippen LogP contribution in [0.15, 0.2) is 30.6 Å². The van der Waals surface area contributed by atoms with Crippen molar-refractivity contribution in [1.82, 2.24) is 29.7 Å². The number of pyridine rings is 1. The zero-order valence-corrected chi connectivity index (χ0v) is 20.3. The van der Waals surface area contributed by atoms with Crippen molar-refractivity contribution in [3.05, 3.63) is 42.0 Å². The number of carbonyl (C=O) groups is 1. The highest BCUT2D eigenvalue weighted by Crippen LogP contribution is 2.33. The van der Waals surface area contributed by atoms with Gasteiger partial charge in [0.1, 0.15) is 11.3 Å². The Bertz CT molecular complexity index is 1410. The van der Waals surface area contributed by atoms with E-state index in [0.717, 1.165) is 43.0 Å². The third kappa shape index (κ3) is 4.18. The molecule has 4 aromatic rings. The molecule has 35 heavy (non-hydrogen) atoms. The number of anilines is 2. The Balaban J connectivity index is 1.27. The van der Waals surface area contributed by atoms with E-state index < -0.39 is 0 Å². The predicted octanol–water partition coefficient (Wildman–Crippen LogP) is 2.91. The molecule has 1 amide bonds. The number of nitrogens with one attached hydrogen (secondary N) is 2. The van der Waals surface area contributed by atoms with E-state index in [2.05, 4.69) is 36.8 Å². The molecule has 1 aliphatic heterocycles. The lowest BCUT2D eigenvalue weighted by Crippen LogP contribution is -2.43. The Morgan fingerprint density at radius 2 is 1.86 bits per heavy atom. The van der Waals surface area contributed by atoms with Crippen LogP contribution in [0, 0.1) is 6.92 Å². The average molecular weight is 475 g/mol. The first-order valence-electron chi connectivity index (χ1n) is 12.2. The lowest BCUT2D eigenvalue weighted by Gasteiger charge is -2.34. The number of carbonyl (C=O) groups excluding carboxylic acids is 1. The lowest BCUT2D eigenvalue weighted by atomic mass is 10.0. The Morgan fingerprint density at radius 1 is 1.09 bits per heavy atom. The van der Waals surface area contributed by atoms with Crippen LogP contribution in [-0.2, 0) is 7.05 Å². The number of ether oxygens (including phenoxy) is 1. The fourth-order valence-corrected chi connectivity index (χ4v) is 5.01. The van der Waals surface area contributed by atoms with E-state index in [1.165, 1.54) is 12.8 Å². The maximum absolute atomic E-state index is 13.4. The zero-order valence-electron chi connectivity index (χ0n) is 20.3. The summed E-state index contributed by atoms with van der Waals surface area (Å²) >= 11 is 0. The molecule has 2 fully saturated rings. The van der Waals surface area contributed by atoms with Crippen LogP contribution in [-0.4, -0.2) is 62.6 Å². The van der Waals surface area contributed by atoms with Gasteiger partial charge in [-0.2, -0.15) is 10.2 Å². The van der Waals surface area contributed by atoms with Crippen LogP contribution in [0.1, 0.15) is 41.9 Å². The molecule has 10 heteroatoms. The Labute approximate surface area is 203 Å². The Hall–Kier alpha value is -3.66. The first-order chi connectivity index (χ1) is 17.0. The van der Waals surface area contributed by atoms with Crippen molar-refractivity contribution in [2.45, 2.75) is 44.7 Å². The van der Waals surface area contributed by atoms with Crippen molar-refractivity contribution in [3.8, 4) is 5.75 Å². The molecule has 0 bridgehead atoms. The second-order valence-electron chi connectivity index (χ2n) is 9.57. The number of rotatable bonds is 6. The van der Waals surface area contributed by atoms with Gasteiger partial charge in [0.05, 0.1) is 24.6 Å².